The van der Waals surface area contributed by atoms with E-state index in [2.05, 4.69) is 115 Å². The van der Waals surface area contributed by atoms with Gasteiger partial charge in [0.25, 0.3) is 0 Å². The summed E-state index contributed by atoms with van der Waals surface area (Å²) in [6.45, 7) is 3.06. The van der Waals surface area contributed by atoms with E-state index in [0.29, 0.717) is 5.92 Å². The molecule has 3 nitrogen and oxygen atoms in total. The van der Waals surface area contributed by atoms with Crippen LogP contribution in [0, 0.1) is 5.92 Å². The van der Waals surface area contributed by atoms with Gasteiger partial charge in [0.15, 0.2) is 0 Å². The lowest BCUT2D eigenvalue weighted by molar-refractivity contribution is 0.0269. The summed E-state index contributed by atoms with van der Waals surface area (Å²) in [5.41, 5.74) is 5.03. The first-order valence-electron chi connectivity index (χ1n) is 13.2. The number of nitrogens with zero attached hydrogens (tertiary/aromatic N) is 1. The quantitative estimate of drug-likeness (QED) is 0.336. The summed E-state index contributed by atoms with van der Waals surface area (Å²) in [7, 11) is -1.38. The summed E-state index contributed by atoms with van der Waals surface area (Å²) in [6.07, 6.45) is 13.7. The Labute approximate surface area is 215 Å². The van der Waals surface area contributed by atoms with Crippen molar-refractivity contribution in [1.82, 2.24) is 4.67 Å². The highest BCUT2D eigenvalue weighted by molar-refractivity contribution is 7.45. The third-order valence-corrected chi connectivity index (χ3v) is 10.6. The molecule has 1 heterocycles. The van der Waals surface area contributed by atoms with Crippen molar-refractivity contribution in [3.05, 3.63) is 125 Å². The molecular formula is C32H32NO2P. The van der Waals surface area contributed by atoms with Crippen molar-refractivity contribution in [3.63, 3.8) is 0 Å². The van der Waals surface area contributed by atoms with Gasteiger partial charge in [0.05, 0.1) is 0 Å². The van der Waals surface area contributed by atoms with Gasteiger partial charge < -0.3 is 4.52 Å². The summed E-state index contributed by atoms with van der Waals surface area (Å²) in [4.78, 5) is 0. The zero-order valence-corrected chi connectivity index (χ0v) is 21.6. The Morgan fingerprint density at radius 2 is 1.75 bits per heavy atom. The van der Waals surface area contributed by atoms with Gasteiger partial charge in [0, 0.05) is 29.5 Å². The third kappa shape index (κ3) is 3.30. The van der Waals surface area contributed by atoms with Crippen LogP contribution in [0.15, 0.2) is 103 Å². The molecule has 3 aliphatic carbocycles. The number of aryl methyl sites for hydroxylation is 1. The van der Waals surface area contributed by atoms with E-state index in [4.69, 9.17) is 9.05 Å². The summed E-state index contributed by atoms with van der Waals surface area (Å²) >= 11 is 0. The fraction of sp³-hybridized carbons (Fsp3) is 0.312. The lowest BCUT2D eigenvalue weighted by Gasteiger charge is -2.46. The minimum atomic E-state index is -1.38. The highest BCUT2D eigenvalue weighted by Gasteiger charge is 2.66. The van der Waals surface area contributed by atoms with Crippen molar-refractivity contribution >= 4 is 8.53 Å². The Morgan fingerprint density at radius 3 is 2.58 bits per heavy atom. The van der Waals surface area contributed by atoms with Gasteiger partial charge in [-0.15, -0.1) is 0 Å². The van der Waals surface area contributed by atoms with Crippen LogP contribution in [-0.4, -0.2) is 10.3 Å². The van der Waals surface area contributed by atoms with E-state index in [1.54, 1.807) is 0 Å². The molecule has 1 aliphatic heterocycles. The average Bonchev–Trinajstić information content (AvgIpc) is 3.44. The largest absolute Gasteiger partial charge is 0.435 e. The summed E-state index contributed by atoms with van der Waals surface area (Å²) in [5, 5.41) is 0. The average molecular weight is 494 g/mol. The molecule has 4 aliphatic rings. The molecule has 4 heteroatoms. The summed E-state index contributed by atoms with van der Waals surface area (Å²) in [5.74, 6) is 1.41. The fourth-order valence-corrected chi connectivity index (χ4v) is 9.03. The van der Waals surface area contributed by atoms with Crippen LogP contribution in [-0.2, 0) is 22.9 Å². The highest BCUT2D eigenvalue weighted by atomic mass is 31.2. The molecule has 0 radical (unpaired) electrons. The topological polar surface area (TPSA) is 21.7 Å². The van der Waals surface area contributed by atoms with Crippen molar-refractivity contribution in [2.75, 3.05) is 0 Å². The Bertz CT molecular complexity index is 1320. The fourth-order valence-electron chi connectivity index (χ4n) is 7.14. The van der Waals surface area contributed by atoms with Crippen LogP contribution in [0.3, 0.4) is 0 Å². The monoisotopic (exact) mass is 493 g/mol. The first-order chi connectivity index (χ1) is 17.7. The maximum atomic E-state index is 7.44. The van der Waals surface area contributed by atoms with Gasteiger partial charge in [-0.25, -0.2) is 4.67 Å². The molecule has 0 N–H and O–H groups in total. The van der Waals surface area contributed by atoms with Crippen molar-refractivity contribution in [2.45, 2.75) is 56.2 Å². The zero-order valence-electron chi connectivity index (χ0n) is 20.7. The molecule has 7 rings (SSSR count). The van der Waals surface area contributed by atoms with Crippen molar-refractivity contribution in [3.8, 4) is 5.75 Å². The van der Waals surface area contributed by atoms with Crippen molar-refractivity contribution < 1.29 is 9.05 Å². The number of allylic oxidation sites excluding steroid dienone is 2. The molecular weight excluding hydrogens is 461 g/mol. The van der Waals surface area contributed by atoms with Crippen LogP contribution in [0.5, 0.6) is 5.75 Å². The molecule has 2 spiro atoms. The van der Waals surface area contributed by atoms with Crippen molar-refractivity contribution in [2.24, 2.45) is 5.92 Å². The first-order valence-corrected chi connectivity index (χ1v) is 14.3. The predicted molar refractivity (Wildman–Crippen MR) is 146 cm³/mol. The number of hydrogen-bond donors (Lipinski definition) is 0. The lowest BCUT2D eigenvalue weighted by Crippen LogP contribution is -2.50. The molecule has 3 aromatic rings. The summed E-state index contributed by atoms with van der Waals surface area (Å²) < 4.78 is 16.9. The normalized spacial score (nSPS) is 30.3. The molecule has 3 unspecified atom stereocenters. The number of benzene rings is 3. The van der Waals surface area contributed by atoms with Gasteiger partial charge in [-0.2, -0.15) is 0 Å². The van der Waals surface area contributed by atoms with E-state index >= 15 is 0 Å². The van der Waals surface area contributed by atoms with Gasteiger partial charge in [-0.1, -0.05) is 97.1 Å². The van der Waals surface area contributed by atoms with E-state index in [-0.39, 0.29) is 17.1 Å². The molecule has 36 heavy (non-hydrogen) atoms. The van der Waals surface area contributed by atoms with E-state index in [1.807, 2.05) is 0 Å². The van der Waals surface area contributed by atoms with Crippen molar-refractivity contribution in [1.29, 1.82) is 0 Å². The first kappa shape index (κ1) is 22.5. The zero-order chi connectivity index (χ0) is 24.2. The second-order valence-corrected chi connectivity index (χ2v) is 12.0. The minimum absolute atomic E-state index is 0.0175. The van der Waals surface area contributed by atoms with Crippen LogP contribution in [0.1, 0.15) is 54.5 Å². The van der Waals surface area contributed by atoms with E-state index < -0.39 is 8.53 Å². The summed E-state index contributed by atoms with van der Waals surface area (Å²) in [6, 6.07) is 28.3. The molecule has 0 bridgehead atoms. The second kappa shape index (κ2) is 8.70. The van der Waals surface area contributed by atoms with Gasteiger partial charge in [0.2, 0.25) is 0 Å². The Hall–Kier alpha value is -2.71. The Morgan fingerprint density at radius 1 is 0.944 bits per heavy atom. The maximum absolute atomic E-state index is 7.44. The van der Waals surface area contributed by atoms with Crippen LogP contribution in [0.25, 0.3) is 0 Å². The Balaban J connectivity index is 1.38. The molecule has 1 saturated carbocycles. The molecule has 3 aromatic carbocycles. The molecule has 0 aromatic heterocycles. The molecule has 182 valence electrons. The second-order valence-electron chi connectivity index (χ2n) is 10.6. The molecule has 0 saturated heterocycles. The number of hydrogen-bond acceptors (Lipinski definition) is 3. The van der Waals surface area contributed by atoms with Crippen LogP contribution < -0.4 is 4.52 Å². The molecule has 1 fully saturated rings. The lowest BCUT2D eigenvalue weighted by atomic mass is 9.66. The minimum Gasteiger partial charge on any atom is -0.435 e. The SMILES string of the molecule is C[C@@H](c1ccccc1)N(Cc1ccccc1)P1Oc2cccc3c2[C@@]2(CC3)CCC3C=CC=CC32O1. The molecule has 5 atom stereocenters. The standard InChI is InChI=1S/C32H32NO2P/c1-24(26-13-6-3-7-14-26)33(23-25-11-4-2-5-12-25)36-34-29-17-10-15-27-18-21-31(30(27)29)22-19-28-16-8-9-20-32(28,31)35-36/h2-17,20,24,28H,18-19,21-23H2,1H3/t24-,28?,31+,32?,36?/m0/s1. The number of rotatable bonds is 5. The van der Waals surface area contributed by atoms with Gasteiger partial charge in [-0.3, -0.25) is 4.52 Å². The predicted octanol–water partition coefficient (Wildman–Crippen LogP) is 8.04. The third-order valence-electron chi connectivity index (χ3n) is 8.92. The van der Waals surface area contributed by atoms with E-state index in [9.17, 15) is 0 Å². The van der Waals surface area contributed by atoms with E-state index in [1.165, 1.54) is 22.3 Å². The Kier molecular flexibility index (Phi) is 5.43. The van der Waals surface area contributed by atoms with Gasteiger partial charge in [0.1, 0.15) is 11.4 Å². The van der Waals surface area contributed by atoms with Gasteiger partial charge in [-0.05, 0) is 55.4 Å². The van der Waals surface area contributed by atoms with Gasteiger partial charge >= 0.3 is 8.53 Å². The van der Waals surface area contributed by atoms with E-state index in [0.717, 1.165) is 38.0 Å². The van der Waals surface area contributed by atoms with Crippen LogP contribution in [0.4, 0.5) is 0 Å². The highest BCUT2D eigenvalue weighted by Crippen LogP contribution is 2.70. The van der Waals surface area contributed by atoms with Crippen LogP contribution >= 0.6 is 8.53 Å². The molecule has 0 amide bonds. The smallest absolute Gasteiger partial charge is 0.322 e. The maximum Gasteiger partial charge on any atom is 0.322 e. The van der Waals surface area contributed by atoms with Crippen LogP contribution in [0.2, 0.25) is 0 Å².